The maximum atomic E-state index is 13.4. The zero-order valence-corrected chi connectivity index (χ0v) is 22.6. The van der Waals surface area contributed by atoms with E-state index >= 15 is 0 Å². The Morgan fingerprint density at radius 1 is 0.842 bits per heavy atom. The van der Waals surface area contributed by atoms with Crippen molar-refractivity contribution in [2.75, 3.05) is 18.1 Å². The molecule has 0 radical (unpaired) electrons. The lowest BCUT2D eigenvalue weighted by atomic mass is 9.94. The SMILES string of the molecule is Cc1cccc(C2/C(=C(/O)c3ccc(OCC(C)C)cc3)C(=O)C(=O)N2c2ccc(OCC(C)C)cc2)c1. The summed E-state index contributed by atoms with van der Waals surface area (Å²) in [6, 6.07) is 20.9. The van der Waals surface area contributed by atoms with Gasteiger partial charge in [0.15, 0.2) is 0 Å². The lowest BCUT2D eigenvalue weighted by molar-refractivity contribution is -0.132. The number of ketones is 1. The normalized spacial score (nSPS) is 16.9. The third kappa shape index (κ3) is 5.91. The van der Waals surface area contributed by atoms with Crippen molar-refractivity contribution in [3.8, 4) is 11.5 Å². The van der Waals surface area contributed by atoms with E-state index < -0.39 is 17.7 Å². The van der Waals surface area contributed by atoms with Crippen LogP contribution in [-0.2, 0) is 9.59 Å². The first kappa shape index (κ1) is 27.0. The summed E-state index contributed by atoms with van der Waals surface area (Å²) in [5.41, 5.74) is 2.76. The monoisotopic (exact) mass is 513 g/mol. The van der Waals surface area contributed by atoms with E-state index in [0.29, 0.717) is 47.8 Å². The Balaban J connectivity index is 1.75. The standard InChI is InChI=1S/C32H35NO5/c1-20(2)18-37-26-13-9-23(10-14-26)30(34)28-29(24-8-6-7-22(5)17-24)33(32(36)31(28)35)25-11-15-27(16-12-25)38-19-21(3)4/h6-17,20-21,29,34H,18-19H2,1-5H3/b30-28-. The van der Waals surface area contributed by atoms with Crippen LogP contribution in [-0.4, -0.2) is 30.0 Å². The fourth-order valence-corrected chi connectivity index (χ4v) is 4.35. The minimum absolute atomic E-state index is 0.0524. The Labute approximate surface area is 224 Å². The number of aryl methyl sites for hydroxylation is 1. The number of Topliss-reactive ketones (excluding diaryl/α,β-unsaturated/α-hetero) is 1. The predicted octanol–water partition coefficient (Wildman–Crippen LogP) is 6.69. The van der Waals surface area contributed by atoms with Crippen LogP contribution < -0.4 is 14.4 Å². The number of carbonyl (C=O) groups excluding carboxylic acids is 2. The van der Waals surface area contributed by atoms with Gasteiger partial charge in [-0.05, 0) is 72.9 Å². The molecule has 1 amide bonds. The number of nitrogens with zero attached hydrogens (tertiary/aromatic N) is 1. The number of aliphatic hydroxyl groups is 1. The maximum Gasteiger partial charge on any atom is 0.300 e. The van der Waals surface area contributed by atoms with Gasteiger partial charge < -0.3 is 14.6 Å². The molecular formula is C32H35NO5. The van der Waals surface area contributed by atoms with Gasteiger partial charge in [0.25, 0.3) is 11.7 Å². The van der Waals surface area contributed by atoms with E-state index in [4.69, 9.17) is 9.47 Å². The van der Waals surface area contributed by atoms with Crippen molar-refractivity contribution in [3.63, 3.8) is 0 Å². The van der Waals surface area contributed by atoms with E-state index in [9.17, 15) is 14.7 Å². The summed E-state index contributed by atoms with van der Waals surface area (Å²) < 4.78 is 11.5. The summed E-state index contributed by atoms with van der Waals surface area (Å²) in [6.45, 7) is 11.4. The molecule has 1 N–H and O–H groups in total. The number of rotatable bonds is 9. The van der Waals surface area contributed by atoms with Crippen LogP contribution in [0.5, 0.6) is 11.5 Å². The highest BCUT2D eigenvalue weighted by Crippen LogP contribution is 2.42. The number of hydrogen-bond donors (Lipinski definition) is 1. The van der Waals surface area contributed by atoms with Crippen molar-refractivity contribution >= 4 is 23.1 Å². The highest BCUT2D eigenvalue weighted by molar-refractivity contribution is 6.51. The van der Waals surface area contributed by atoms with Gasteiger partial charge in [0.05, 0.1) is 24.8 Å². The Morgan fingerprint density at radius 3 is 1.92 bits per heavy atom. The molecule has 0 saturated carbocycles. The summed E-state index contributed by atoms with van der Waals surface area (Å²) in [5.74, 6) is 0.482. The zero-order chi connectivity index (χ0) is 27.4. The molecule has 0 aliphatic carbocycles. The van der Waals surface area contributed by atoms with Crippen molar-refractivity contribution < 1.29 is 24.2 Å². The lowest BCUT2D eigenvalue weighted by Crippen LogP contribution is -2.29. The lowest BCUT2D eigenvalue weighted by Gasteiger charge is -2.26. The molecular weight excluding hydrogens is 478 g/mol. The number of hydrogen-bond acceptors (Lipinski definition) is 5. The van der Waals surface area contributed by atoms with Crippen LogP contribution >= 0.6 is 0 Å². The van der Waals surface area contributed by atoms with Gasteiger partial charge in [0.1, 0.15) is 17.3 Å². The van der Waals surface area contributed by atoms with Gasteiger partial charge >= 0.3 is 0 Å². The minimum atomic E-state index is -0.783. The van der Waals surface area contributed by atoms with Crippen molar-refractivity contribution in [3.05, 3.63) is 95.1 Å². The molecule has 1 aliphatic rings. The molecule has 6 heteroatoms. The molecule has 198 valence electrons. The van der Waals surface area contributed by atoms with E-state index in [2.05, 4.69) is 27.7 Å². The molecule has 1 fully saturated rings. The first-order valence-electron chi connectivity index (χ1n) is 13.0. The molecule has 1 aliphatic heterocycles. The average Bonchev–Trinajstić information content (AvgIpc) is 3.16. The smallest absolute Gasteiger partial charge is 0.300 e. The first-order valence-corrected chi connectivity index (χ1v) is 13.0. The first-order chi connectivity index (χ1) is 18.2. The molecule has 1 heterocycles. The van der Waals surface area contributed by atoms with Crippen LogP contribution in [0.25, 0.3) is 5.76 Å². The van der Waals surface area contributed by atoms with Gasteiger partial charge in [-0.3, -0.25) is 14.5 Å². The van der Waals surface area contributed by atoms with E-state index in [0.717, 1.165) is 11.1 Å². The summed E-state index contributed by atoms with van der Waals surface area (Å²) in [4.78, 5) is 28.3. The fraction of sp³-hybridized carbons (Fsp3) is 0.312. The number of carbonyl (C=O) groups is 2. The molecule has 1 unspecified atom stereocenters. The largest absolute Gasteiger partial charge is 0.507 e. The second-order valence-corrected chi connectivity index (χ2v) is 10.5. The Morgan fingerprint density at radius 2 is 1.39 bits per heavy atom. The van der Waals surface area contributed by atoms with Crippen molar-refractivity contribution in [1.82, 2.24) is 0 Å². The number of anilines is 1. The van der Waals surface area contributed by atoms with Crippen LogP contribution in [0, 0.1) is 18.8 Å². The number of ether oxygens (including phenoxy) is 2. The zero-order valence-electron chi connectivity index (χ0n) is 22.6. The van der Waals surface area contributed by atoms with E-state index in [-0.39, 0.29) is 11.3 Å². The molecule has 1 saturated heterocycles. The van der Waals surface area contributed by atoms with Gasteiger partial charge in [0, 0.05) is 11.3 Å². The van der Waals surface area contributed by atoms with Gasteiger partial charge in [-0.2, -0.15) is 0 Å². The number of amides is 1. The van der Waals surface area contributed by atoms with E-state index in [1.54, 1.807) is 48.5 Å². The highest BCUT2D eigenvalue weighted by atomic mass is 16.5. The van der Waals surface area contributed by atoms with Crippen molar-refractivity contribution in [2.24, 2.45) is 11.8 Å². The van der Waals surface area contributed by atoms with E-state index in [1.165, 1.54) is 4.90 Å². The molecule has 0 aromatic heterocycles. The Hall–Kier alpha value is -4.06. The van der Waals surface area contributed by atoms with Crippen molar-refractivity contribution in [2.45, 2.75) is 40.7 Å². The second-order valence-electron chi connectivity index (χ2n) is 10.5. The number of aliphatic hydroxyl groups excluding tert-OH is 1. The van der Waals surface area contributed by atoms with Crippen LogP contribution in [0.1, 0.15) is 50.4 Å². The average molecular weight is 514 g/mol. The molecule has 4 rings (SSSR count). The number of benzene rings is 3. The van der Waals surface area contributed by atoms with Crippen LogP contribution in [0.2, 0.25) is 0 Å². The summed E-state index contributed by atoms with van der Waals surface area (Å²) >= 11 is 0. The summed E-state index contributed by atoms with van der Waals surface area (Å²) in [6.07, 6.45) is 0. The van der Waals surface area contributed by atoms with Crippen molar-refractivity contribution in [1.29, 1.82) is 0 Å². The topological polar surface area (TPSA) is 76.1 Å². The molecule has 0 spiro atoms. The molecule has 1 atom stereocenters. The maximum absolute atomic E-state index is 13.4. The third-order valence-electron chi connectivity index (χ3n) is 6.21. The second kappa shape index (κ2) is 11.5. The van der Waals surface area contributed by atoms with E-state index in [1.807, 2.05) is 31.2 Å². The molecule has 3 aromatic rings. The quantitative estimate of drug-likeness (QED) is 0.196. The van der Waals surface area contributed by atoms with Gasteiger partial charge in [-0.15, -0.1) is 0 Å². The van der Waals surface area contributed by atoms with Gasteiger partial charge in [-0.25, -0.2) is 0 Å². The summed E-state index contributed by atoms with van der Waals surface area (Å²) in [5, 5.41) is 11.4. The summed E-state index contributed by atoms with van der Waals surface area (Å²) in [7, 11) is 0. The van der Waals surface area contributed by atoms with Gasteiger partial charge in [0.2, 0.25) is 0 Å². The van der Waals surface area contributed by atoms with Crippen LogP contribution in [0.15, 0.2) is 78.4 Å². The Kier molecular flexibility index (Phi) is 8.20. The predicted molar refractivity (Wildman–Crippen MR) is 150 cm³/mol. The molecule has 6 nitrogen and oxygen atoms in total. The molecule has 3 aromatic carbocycles. The molecule has 38 heavy (non-hydrogen) atoms. The highest BCUT2D eigenvalue weighted by Gasteiger charge is 2.47. The third-order valence-corrected chi connectivity index (χ3v) is 6.21. The minimum Gasteiger partial charge on any atom is -0.507 e. The fourth-order valence-electron chi connectivity index (χ4n) is 4.35. The molecule has 0 bridgehead atoms. The van der Waals surface area contributed by atoms with Crippen LogP contribution in [0.4, 0.5) is 5.69 Å². The van der Waals surface area contributed by atoms with Gasteiger partial charge in [-0.1, -0.05) is 57.5 Å². The van der Waals surface area contributed by atoms with Crippen LogP contribution in [0.3, 0.4) is 0 Å². The Bertz CT molecular complexity index is 1320.